The van der Waals surface area contributed by atoms with Crippen LogP contribution in [0.5, 0.6) is 0 Å². The average Bonchev–Trinajstić information content (AvgIpc) is 2.85. The maximum absolute atomic E-state index is 12.4. The van der Waals surface area contributed by atoms with Crippen LogP contribution in [0, 0.1) is 0 Å². The number of sulfonamides is 1. The third-order valence-corrected chi connectivity index (χ3v) is 6.25. The second-order valence-electron chi connectivity index (χ2n) is 4.70. The van der Waals surface area contributed by atoms with Crippen molar-refractivity contribution in [2.75, 3.05) is 6.26 Å². The van der Waals surface area contributed by atoms with Crippen LogP contribution in [0.4, 0.5) is 0 Å². The van der Waals surface area contributed by atoms with E-state index in [2.05, 4.69) is 4.72 Å². The van der Waals surface area contributed by atoms with Crippen molar-refractivity contribution in [1.29, 1.82) is 0 Å². The molecule has 6 heteroatoms. The zero-order valence-electron chi connectivity index (χ0n) is 10.9. The van der Waals surface area contributed by atoms with Gasteiger partial charge in [0.15, 0.2) is 0 Å². The van der Waals surface area contributed by atoms with E-state index >= 15 is 0 Å². The van der Waals surface area contributed by atoms with Gasteiger partial charge in [-0.1, -0.05) is 24.6 Å². The fraction of sp³-hybridized carbons (Fsp3) is 0.538. The van der Waals surface area contributed by atoms with Gasteiger partial charge in [-0.05, 0) is 30.7 Å². The summed E-state index contributed by atoms with van der Waals surface area (Å²) < 4.78 is 27.6. The van der Waals surface area contributed by atoms with Crippen LogP contribution in [-0.4, -0.2) is 31.1 Å². The van der Waals surface area contributed by atoms with E-state index in [9.17, 15) is 13.5 Å². The first-order valence-electron chi connectivity index (χ1n) is 6.32. The van der Waals surface area contributed by atoms with Gasteiger partial charge in [-0.25, -0.2) is 13.1 Å². The molecule has 1 aromatic carbocycles. The molecule has 2 atom stereocenters. The fourth-order valence-electron chi connectivity index (χ4n) is 2.50. The largest absolute Gasteiger partial charge is 0.392 e. The molecule has 0 bridgehead atoms. The number of rotatable bonds is 5. The third-order valence-electron chi connectivity index (χ3n) is 3.49. The lowest BCUT2D eigenvalue weighted by Crippen LogP contribution is -2.38. The second-order valence-corrected chi connectivity index (χ2v) is 7.46. The minimum Gasteiger partial charge on any atom is -0.392 e. The van der Waals surface area contributed by atoms with Crippen LogP contribution in [0.15, 0.2) is 29.2 Å². The maximum atomic E-state index is 12.4. The Morgan fingerprint density at radius 1 is 1.37 bits per heavy atom. The van der Waals surface area contributed by atoms with Crippen molar-refractivity contribution in [2.45, 2.75) is 42.1 Å². The van der Waals surface area contributed by atoms with Crippen LogP contribution in [0.25, 0.3) is 0 Å². The number of aliphatic hydroxyl groups excluding tert-OH is 1. The van der Waals surface area contributed by atoms with E-state index < -0.39 is 10.0 Å². The number of hydrogen-bond donors (Lipinski definition) is 2. The fourth-order valence-corrected chi connectivity index (χ4v) is 5.07. The van der Waals surface area contributed by atoms with Crippen molar-refractivity contribution in [3.8, 4) is 0 Å². The zero-order valence-corrected chi connectivity index (χ0v) is 12.5. The first-order valence-corrected chi connectivity index (χ1v) is 9.09. The molecular weight excluding hydrogens is 282 g/mol. The van der Waals surface area contributed by atoms with Gasteiger partial charge in [0.25, 0.3) is 0 Å². The van der Waals surface area contributed by atoms with Crippen molar-refractivity contribution in [2.24, 2.45) is 0 Å². The molecule has 0 aromatic heterocycles. The maximum Gasteiger partial charge on any atom is 0.241 e. The molecule has 1 aliphatic rings. The van der Waals surface area contributed by atoms with Gasteiger partial charge in [-0.3, -0.25) is 0 Å². The number of benzene rings is 1. The van der Waals surface area contributed by atoms with Gasteiger partial charge >= 0.3 is 0 Å². The smallest absolute Gasteiger partial charge is 0.241 e. The summed E-state index contributed by atoms with van der Waals surface area (Å²) in [7, 11) is -3.55. The molecule has 1 saturated carbocycles. The molecule has 1 aliphatic carbocycles. The van der Waals surface area contributed by atoms with Gasteiger partial charge in [0.1, 0.15) is 0 Å². The summed E-state index contributed by atoms with van der Waals surface area (Å²) in [5.41, 5.74) is 0.439. The van der Waals surface area contributed by atoms with E-state index in [-0.39, 0.29) is 17.5 Å². The predicted octanol–water partition coefficient (Wildman–Crippen LogP) is 1.74. The number of hydrogen-bond acceptors (Lipinski definition) is 4. The molecule has 2 N–H and O–H groups in total. The van der Waals surface area contributed by atoms with Gasteiger partial charge in [-0.15, -0.1) is 0 Å². The third kappa shape index (κ3) is 3.31. The highest BCUT2D eigenvalue weighted by Crippen LogP contribution is 2.29. The molecule has 0 heterocycles. The van der Waals surface area contributed by atoms with Crippen LogP contribution < -0.4 is 4.72 Å². The standard InChI is InChI=1S/C13H19NO3S2/c1-18-12-7-4-6-11(12)14-19(16,17)13-8-3-2-5-10(13)9-15/h2-3,5,8,11-12,14-15H,4,6-7,9H2,1H3. The van der Waals surface area contributed by atoms with Gasteiger partial charge in [0.05, 0.1) is 11.5 Å². The minimum atomic E-state index is -3.55. The van der Waals surface area contributed by atoms with E-state index in [1.54, 1.807) is 30.0 Å². The first-order chi connectivity index (χ1) is 9.08. The predicted molar refractivity (Wildman–Crippen MR) is 77.6 cm³/mol. The van der Waals surface area contributed by atoms with Crippen molar-refractivity contribution >= 4 is 21.8 Å². The second kappa shape index (κ2) is 6.26. The Bertz CT molecular complexity index is 530. The molecule has 2 unspecified atom stereocenters. The topological polar surface area (TPSA) is 66.4 Å². The van der Waals surface area contributed by atoms with Gasteiger partial charge < -0.3 is 5.11 Å². The molecule has 106 valence electrons. The van der Waals surface area contributed by atoms with Crippen LogP contribution in [0.1, 0.15) is 24.8 Å². The van der Waals surface area contributed by atoms with Crippen molar-refractivity contribution in [3.05, 3.63) is 29.8 Å². The summed E-state index contributed by atoms with van der Waals surface area (Å²) in [4.78, 5) is 0.184. The summed E-state index contributed by atoms with van der Waals surface area (Å²) in [6.45, 7) is -0.270. The van der Waals surface area contributed by atoms with Crippen molar-refractivity contribution < 1.29 is 13.5 Å². The molecule has 4 nitrogen and oxygen atoms in total. The molecule has 1 fully saturated rings. The molecule has 0 spiro atoms. The van der Waals surface area contributed by atoms with Crippen molar-refractivity contribution in [1.82, 2.24) is 4.72 Å². The minimum absolute atomic E-state index is 0.00764. The first kappa shape index (κ1) is 14.8. The van der Waals surface area contributed by atoms with E-state index in [4.69, 9.17) is 0 Å². The van der Waals surface area contributed by atoms with E-state index in [0.29, 0.717) is 10.8 Å². The summed E-state index contributed by atoms with van der Waals surface area (Å²) in [5.74, 6) is 0. The summed E-state index contributed by atoms with van der Waals surface area (Å²) in [6.07, 6.45) is 5.00. The lowest BCUT2D eigenvalue weighted by Gasteiger charge is -2.20. The molecule has 0 aliphatic heterocycles. The van der Waals surface area contributed by atoms with E-state index in [0.717, 1.165) is 19.3 Å². The van der Waals surface area contributed by atoms with Crippen LogP contribution in [-0.2, 0) is 16.6 Å². The lowest BCUT2D eigenvalue weighted by molar-refractivity contribution is 0.278. The normalized spacial score (nSPS) is 23.7. The number of aliphatic hydroxyl groups is 1. The Balaban J connectivity index is 2.23. The Morgan fingerprint density at radius 2 is 2.11 bits per heavy atom. The van der Waals surface area contributed by atoms with Crippen molar-refractivity contribution in [3.63, 3.8) is 0 Å². The van der Waals surface area contributed by atoms with Crippen LogP contribution >= 0.6 is 11.8 Å². The summed E-state index contributed by atoms with van der Waals surface area (Å²) in [6, 6.07) is 6.57. The quantitative estimate of drug-likeness (QED) is 0.869. The molecule has 1 aromatic rings. The van der Waals surface area contributed by atoms with E-state index in [1.165, 1.54) is 6.07 Å². The number of thioether (sulfide) groups is 1. The number of nitrogens with one attached hydrogen (secondary N) is 1. The zero-order chi connectivity index (χ0) is 13.9. The SMILES string of the molecule is CSC1CCCC1NS(=O)(=O)c1ccccc1CO. The van der Waals surface area contributed by atoms with Crippen LogP contribution in [0.2, 0.25) is 0 Å². The molecule has 2 rings (SSSR count). The Labute approximate surface area is 118 Å². The highest BCUT2D eigenvalue weighted by molar-refractivity contribution is 7.99. The Hall–Kier alpha value is -0.560. The van der Waals surface area contributed by atoms with Crippen LogP contribution in [0.3, 0.4) is 0 Å². The highest BCUT2D eigenvalue weighted by Gasteiger charge is 2.31. The highest BCUT2D eigenvalue weighted by atomic mass is 32.2. The molecule has 0 saturated heterocycles. The summed E-state index contributed by atoms with van der Waals surface area (Å²) in [5, 5.41) is 9.59. The molecule has 19 heavy (non-hydrogen) atoms. The molecule has 0 radical (unpaired) electrons. The molecule has 0 amide bonds. The van der Waals surface area contributed by atoms with Gasteiger partial charge in [0, 0.05) is 11.3 Å². The monoisotopic (exact) mass is 301 g/mol. The van der Waals surface area contributed by atoms with Gasteiger partial charge in [-0.2, -0.15) is 11.8 Å². The summed E-state index contributed by atoms with van der Waals surface area (Å²) >= 11 is 1.71. The van der Waals surface area contributed by atoms with E-state index in [1.807, 2.05) is 6.26 Å². The average molecular weight is 301 g/mol. The Kier molecular flexibility index (Phi) is 4.89. The lowest BCUT2D eigenvalue weighted by atomic mass is 10.2. The Morgan fingerprint density at radius 3 is 2.79 bits per heavy atom. The van der Waals surface area contributed by atoms with Gasteiger partial charge in [0.2, 0.25) is 10.0 Å². The molecular formula is C13H19NO3S2.